The second-order valence-electron chi connectivity index (χ2n) is 4.24. The molecule has 2 rings (SSSR count). The molecule has 0 spiro atoms. The standard InChI is InChI=1S/C13H16N2O4S2/c1-19-11-2-3-13(10(6-11)4-5-16)21(17,18)15-8-12-7-14-9-20-12/h2-3,6-7,9,15-16H,4-5,8H2,1H3. The summed E-state index contributed by atoms with van der Waals surface area (Å²) < 4.78 is 32.4. The summed E-state index contributed by atoms with van der Waals surface area (Å²) in [6, 6.07) is 4.69. The Morgan fingerprint density at radius 2 is 2.24 bits per heavy atom. The van der Waals surface area contributed by atoms with Crippen LogP contribution in [0.4, 0.5) is 0 Å². The van der Waals surface area contributed by atoms with E-state index in [1.807, 2.05) is 0 Å². The first-order valence-corrected chi connectivity index (χ1v) is 8.58. The van der Waals surface area contributed by atoms with Gasteiger partial charge in [0, 0.05) is 24.2 Å². The molecule has 0 aliphatic rings. The largest absolute Gasteiger partial charge is 0.497 e. The van der Waals surface area contributed by atoms with Crippen LogP contribution < -0.4 is 9.46 Å². The third-order valence-corrected chi connectivity index (χ3v) is 5.14. The van der Waals surface area contributed by atoms with Gasteiger partial charge >= 0.3 is 0 Å². The number of methoxy groups -OCH3 is 1. The lowest BCUT2D eigenvalue weighted by Gasteiger charge is -2.12. The Morgan fingerprint density at radius 3 is 2.86 bits per heavy atom. The van der Waals surface area contributed by atoms with E-state index in [9.17, 15) is 8.42 Å². The van der Waals surface area contributed by atoms with Crippen LogP contribution >= 0.6 is 11.3 Å². The normalized spacial score (nSPS) is 11.5. The molecule has 0 saturated carbocycles. The number of sulfonamides is 1. The lowest BCUT2D eigenvalue weighted by Crippen LogP contribution is -2.24. The number of nitrogens with one attached hydrogen (secondary N) is 1. The van der Waals surface area contributed by atoms with Crippen molar-refractivity contribution >= 4 is 21.4 Å². The van der Waals surface area contributed by atoms with Gasteiger partial charge in [-0.1, -0.05) is 0 Å². The zero-order valence-electron chi connectivity index (χ0n) is 11.4. The molecule has 0 fully saturated rings. The van der Waals surface area contributed by atoms with Crippen molar-refractivity contribution in [1.82, 2.24) is 9.71 Å². The monoisotopic (exact) mass is 328 g/mol. The topological polar surface area (TPSA) is 88.5 Å². The first-order valence-electron chi connectivity index (χ1n) is 6.21. The van der Waals surface area contributed by atoms with E-state index in [0.29, 0.717) is 11.3 Å². The fourth-order valence-corrected chi connectivity index (χ4v) is 3.71. The predicted octanol–water partition coefficient (Wildman–Crippen LogP) is 1.16. The van der Waals surface area contributed by atoms with Gasteiger partial charge in [0.15, 0.2) is 0 Å². The SMILES string of the molecule is COc1ccc(S(=O)(=O)NCc2cncs2)c(CCO)c1. The number of aromatic nitrogens is 1. The molecule has 0 saturated heterocycles. The molecular weight excluding hydrogens is 312 g/mol. The summed E-state index contributed by atoms with van der Waals surface area (Å²) in [5.41, 5.74) is 2.17. The molecule has 0 aliphatic carbocycles. The van der Waals surface area contributed by atoms with Gasteiger partial charge in [-0.05, 0) is 30.2 Å². The Bertz CT molecular complexity index is 684. The van der Waals surface area contributed by atoms with Crippen LogP contribution in [0.3, 0.4) is 0 Å². The third kappa shape index (κ3) is 4.01. The molecule has 1 aromatic carbocycles. The molecule has 2 N–H and O–H groups in total. The number of aliphatic hydroxyl groups is 1. The second kappa shape index (κ2) is 6.99. The summed E-state index contributed by atoms with van der Waals surface area (Å²) in [5.74, 6) is 0.555. The first kappa shape index (κ1) is 15.9. The van der Waals surface area contributed by atoms with Gasteiger partial charge in [-0.15, -0.1) is 11.3 Å². The number of benzene rings is 1. The highest BCUT2D eigenvalue weighted by molar-refractivity contribution is 7.89. The Hall–Kier alpha value is -1.48. The van der Waals surface area contributed by atoms with Gasteiger partial charge < -0.3 is 9.84 Å². The molecule has 1 aromatic heterocycles. The summed E-state index contributed by atoms with van der Waals surface area (Å²) in [6.45, 7) is 0.0577. The summed E-state index contributed by atoms with van der Waals surface area (Å²) in [7, 11) is -2.14. The third-order valence-electron chi connectivity index (χ3n) is 2.86. The van der Waals surface area contributed by atoms with Crippen LogP contribution in [-0.4, -0.2) is 32.2 Å². The number of hydrogen-bond donors (Lipinski definition) is 2. The summed E-state index contributed by atoms with van der Waals surface area (Å²) in [5, 5.41) is 9.09. The van der Waals surface area contributed by atoms with Gasteiger partial charge in [-0.3, -0.25) is 4.98 Å². The molecule has 21 heavy (non-hydrogen) atoms. The van der Waals surface area contributed by atoms with Gasteiger partial charge in [-0.2, -0.15) is 0 Å². The molecule has 6 nitrogen and oxygen atoms in total. The second-order valence-corrected chi connectivity index (χ2v) is 6.95. The molecular formula is C13H16N2O4S2. The molecule has 0 radical (unpaired) electrons. The predicted molar refractivity (Wildman–Crippen MR) is 79.9 cm³/mol. The van der Waals surface area contributed by atoms with Gasteiger partial charge in [0.25, 0.3) is 0 Å². The molecule has 0 bridgehead atoms. The fourth-order valence-electron chi connectivity index (χ4n) is 1.83. The van der Waals surface area contributed by atoms with Crippen molar-refractivity contribution < 1.29 is 18.3 Å². The molecule has 8 heteroatoms. The summed E-state index contributed by atoms with van der Waals surface area (Å²) in [4.78, 5) is 4.88. The molecule has 114 valence electrons. The number of nitrogens with zero attached hydrogens (tertiary/aromatic N) is 1. The Labute approximate surface area is 127 Å². The van der Waals surface area contributed by atoms with Crippen LogP contribution in [-0.2, 0) is 23.0 Å². The average molecular weight is 328 g/mol. The maximum absolute atomic E-state index is 12.4. The van der Waals surface area contributed by atoms with Crippen LogP contribution in [0.1, 0.15) is 10.4 Å². The highest BCUT2D eigenvalue weighted by Crippen LogP contribution is 2.22. The van der Waals surface area contributed by atoms with Crippen molar-refractivity contribution in [2.24, 2.45) is 0 Å². The van der Waals surface area contributed by atoms with E-state index in [2.05, 4.69) is 9.71 Å². The minimum Gasteiger partial charge on any atom is -0.497 e. The van der Waals surface area contributed by atoms with E-state index in [-0.39, 0.29) is 24.5 Å². The van der Waals surface area contributed by atoms with Crippen molar-refractivity contribution in [2.45, 2.75) is 17.9 Å². The number of ether oxygens (including phenoxy) is 1. The van der Waals surface area contributed by atoms with E-state index >= 15 is 0 Å². The maximum atomic E-state index is 12.4. The molecule has 0 atom stereocenters. The lowest BCUT2D eigenvalue weighted by atomic mass is 10.1. The zero-order valence-corrected chi connectivity index (χ0v) is 13.1. The minimum absolute atomic E-state index is 0.134. The van der Waals surface area contributed by atoms with Crippen LogP contribution in [0.25, 0.3) is 0 Å². The van der Waals surface area contributed by atoms with Crippen LogP contribution in [0, 0.1) is 0 Å². The van der Waals surface area contributed by atoms with Crippen molar-refractivity contribution in [3.63, 3.8) is 0 Å². The molecule has 0 unspecified atom stereocenters. The quantitative estimate of drug-likeness (QED) is 0.796. The number of thiazole rings is 1. The summed E-state index contributed by atoms with van der Waals surface area (Å²) in [6.07, 6.45) is 1.86. The highest BCUT2D eigenvalue weighted by Gasteiger charge is 2.19. The number of rotatable bonds is 7. The number of hydrogen-bond acceptors (Lipinski definition) is 6. The van der Waals surface area contributed by atoms with Crippen LogP contribution in [0.5, 0.6) is 5.75 Å². The van der Waals surface area contributed by atoms with Crippen molar-refractivity contribution in [1.29, 1.82) is 0 Å². The number of aliphatic hydroxyl groups excluding tert-OH is 1. The van der Waals surface area contributed by atoms with E-state index in [1.165, 1.54) is 24.5 Å². The van der Waals surface area contributed by atoms with E-state index in [4.69, 9.17) is 9.84 Å². The van der Waals surface area contributed by atoms with Crippen LogP contribution in [0.15, 0.2) is 34.8 Å². The van der Waals surface area contributed by atoms with Gasteiger partial charge in [0.2, 0.25) is 10.0 Å². The van der Waals surface area contributed by atoms with Crippen LogP contribution in [0.2, 0.25) is 0 Å². The average Bonchev–Trinajstić information content (AvgIpc) is 2.99. The zero-order chi connectivity index (χ0) is 15.3. The van der Waals surface area contributed by atoms with Crippen molar-refractivity contribution in [3.8, 4) is 5.75 Å². The molecule has 2 aromatic rings. The van der Waals surface area contributed by atoms with Crippen molar-refractivity contribution in [3.05, 3.63) is 40.3 Å². The van der Waals surface area contributed by atoms with E-state index in [1.54, 1.807) is 23.8 Å². The minimum atomic E-state index is -3.65. The van der Waals surface area contributed by atoms with Gasteiger partial charge in [0.1, 0.15) is 5.75 Å². The molecule has 1 heterocycles. The summed E-state index contributed by atoms with van der Waals surface area (Å²) >= 11 is 1.38. The molecule has 0 amide bonds. The maximum Gasteiger partial charge on any atom is 0.241 e. The van der Waals surface area contributed by atoms with E-state index in [0.717, 1.165) is 4.88 Å². The first-order chi connectivity index (χ1) is 10.1. The smallest absolute Gasteiger partial charge is 0.241 e. The Morgan fingerprint density at radius 1 is 1.43 bits per heavy atom. The molecule has 0 aliphatic heterocycles. The van der Waals surface area contributed by atoms with E-state index < -0.39 is 10.0 Å². The van der Waals surface area contributed by atoms with Gasteiger partial charge in [-0.25, -0.2) is 13.1 Å². The Kier molecular flexibility index (Phi) is 5.29. The Balaban J connectivity index is 2.25. The van der Waals surface area contributed by atoms with Gasteiger partial charge in [0.05, 0.1) is 17.5 Å². The van der Waals surface area contributed by atoms with Crippen molar-refractivity contribution in [2.75, 3.05) is 13.7 Å². The highest BCUT2D eigenvalue weighted by atomic mass is 32.2. The lowest BCUT2D eigenvalue weighted by molar-refractivity contribution is 0.298. The fraction of sp³-hybridized carbons (Fsp3) is 0.308.